The summed E-state index contributed by atoms with van der Waals surface area (Å²) >= 11 is 1.67. The van der Waals surface area contributed by atoms with E-state index in [1.54, 1.807) is 30.7 Å². The van der Waals surface area contributed by atoms with Crippen LogP contribution in [0.3, 0.4) is 0 Å². The van der Waals surface area contributed by atoms with Crippen molar-refractivity contribution in [2.24, 2.45) is 0 Å². The van der Waals surface area contributed by atoms with Crippen LogP contribution in [0.4, 0.5) is 5.95 Å². The molecule has 0 aliphatic carbocycles. The van der Waals surface area contributed by atoms with Gasteiger partial charge in [-0.05, 0) is 24.6 Å². The second-order valence-electron chi connectivity index (χ2n) is 6.96. The van der Waals surface area contributed by atoms with E-state index in [0.29, 0.717) is 16.9 Å². The van der Waals surface area contributed by atoms with Crippen LogP contribution in [0.2, 0.25) is 0 Å². The number of nitrogens with one attached hydrogen (secondary N) is 1. The number of hydrogen-bond donors (Lipinski definition) is 1. The number of thiazole rings is 1. The van der Waals surface area contributed by atoms with Crippen molar-refractivity contribution in [2.75, 3.05) is 36.8 Å². The van der Waals surface area contributed by atoms with Crippen molar-refractivity contribution >= 4 is 37.2 Å². The average molecular weight is 417 g/mol. The molecule has 1 aromatic carbocycles. The molecule has 28 heavy (non-hydrogen) atoms. The Balaban J connectivity index is 1.41. The number of fused-ring (bicyclic) bond motifs is 1. The minimum atomic E-state index is -2.76. The molecule has 0 bridgehead atoms. The minimum Gasteiger partial charge on any atom is -0.338 e. The fourth-order valence-electron chi connectivity index (χ4n) is 3.46. The lowest BCUT2D eigenvalue weighted by Crippen LogP contribution is -2.47. The Hall–Kier alpha value is -2.10. The molecule has 4 rings (SSSR count). The number of benzene rings is 1. The molecule has 0 radical (unpaired) electrons. The Labute approximate surface area is 169 Å². The van der Waals surface area contributed by atoms with Gasteiger partial charge in [-0.2, -0.15) is 0 Å². The average Bonchev–Trinajstić information content (AvgIpc) is 3.21. The lowest BCUT2D eigenvalue weighted by Gasteiger charge is -2.38. The van der Waals surface area contributed by atoms with E-state index in [9.17, 15) is 4.21 Å². The Kier molecular flexibility index (Phi) is 5.31. The first-order valence-electron chi connectivity index (χ1n) is 9.38. The van der Waals surface area contributed by atoms with E-state index in [4.69, 9.17) is 4.78 Å². The quantitative estimate of drug-likeness (QED) is 0.686. The van der Waals surface area contributed by atoms with Crippen LogP contribution in [-0.4, -0.2) is 56.0 Å². The molecular weight excluding hydrogens is 392 g/mol. The van der Waals surface area contributed by atoms with E-state index in [-0.39, 0.29) is 5.75 Å². The maximum absolute atomic E-state index is 12.1. The third-order valence-electron chi connectivity index (χ3n) is 5.38. The highest BCUT2D eigenvalue weighted by molar-refractivity contribution is 7.92. The predicted molar refractivity (Wildman–Crippen MR) is 114 cm³/mol. The fourth-order valence-corrected chi connectivity index (χ4v) is 4.90. The van der Waals surface area contributed by atoms with Crippen LogP contribution < -0.4 is 4.90 Å². The first-order valence-corrected chi connectivity index (χ1v) is 12.0. The Morgan fingerprint density at radius 2 is 1.89 bits per heavy atom. The predicted octanol–water partition coefficient (Wildman–Crippen LogP) is 3.40. The van der Waals surface area contributed by atoms with E-state index in [2.05, 4.69) is 49.9 Å². The van der Waals surface area contributed by atoms with Crippen LogP contribution in [0.15, 0.2) is 41.0 Å². The number of aromatic nitrogens is 3. The summed E-state index contributed by atoms with van der Waals surface area (Å²) in [6.07, 6.45) is 3.08. The van der Waals surface area contributed by atoms with Crippen LogP contribution in [0.5, 0.6) is 0 Å². The molecule has 3 aromatic rings. The van der Waals surface area contributed by atoms with Crippen LogP contribution in [0, 0.1) is 4.78 Å². The van der Waals surface area contributed by atoms with Gasteiger partial charge in [0.1, 0.15) is 0 Å². The second kappa shape index (κ2) is 7.73. The number of anilines is 1. The van der Waals surface area contributed by atoms with Crippen molar-refractivity contribution < 1.29 is 4.21 Å². The molecule has 2 aromatic heterocycles. The summed E-state index contributed by atoms with van der Waals surface area (Å²) in [6.45, 7) is 7.51. The number of nitrogens with zero attached hydrogens (tertiary/aromatic N) is 5. The zero-order chi connectivity index (χ0) is 19.7. The summed E-state index contributed by atoms with van der Waals surface area (Å²) < 4.78 is 21.2. The largest absolute Gasteiger partial charge is 0.338 e. The number of piperazine rings is 1. The van der Waals surface area contributed by atoms with Crippen LogP contribution >= 0.6 is 11.3 Å². The van der Waals surface area contributed by atoms with Crippen molar-refractivity contribution in [3.63, 3.8) is 0 Å². The van der Waals surface area contributed by atoms with Gasteiger partial charge in [-0.15, -0.1) is 11.3 Å². The monoisotopic (exact) mass is 416 g/mol. The van der Waals surface area contributed by atoms with Gasteiger partial charge >= 0.3 is 0 Å². The molecule has 148 valence electrons. The van der Waals surface area contributed by atoms with E-state index < -0.39 is 9.73 Å². The normalized spacial score (nSPS) is 18.9. The van der Waals surface area contributed by atoms with Gasteiger partial charge in [-0.25, -0.2) is 23.9 Å². The van der Waals surface area contributed by atoms with Crippen LogP contribution in [-0.2, 0) is 9.73 Å². The van der Waals surface area contributed by atoms with Crippen LogP contribution in [0.1, 0.15) is 25.5 Å². The van der Waals surface area contributed by atoms with Gasteiger partial charge in [0.05, 0.1) is 30.4 Å². The van der Waals surface area contributed by atoms with Gasteiger partial charge in [0.25, 0.3) is 0 Å². The summed E-state index contributed by atoms with van der Waals surface area (Å²) in [5.74, 6) is 0.921. The molecule has 2 atom stereocenters. The molecule has 1 fully saturated rings. The number of rotatable bonds is 5. The zero-order valence-electron chi connectivity index (χ0n) is 16.0. The third-order valence-corrected chi connectivity index (χ3v) is 7.98. The van der Waals surface area contributed by atoms with Gasteiger partial charge < -0.3 is 4.90 Å². The van der Waals surface area contributed by atoms with E-state index >= 15 is 0 Å². The van der Waals surface area contributed by atoms with Gasteiger partial charge in [0.2, 0.25) is 5.95 Å². The zero-order valence-corrected chi connectivity index (χ0v) is 17.7. The van der Waals surface area contributed by atoms with E-state index in [1.807, 2.05) is 5.51 Å². The number of hydrogen-bond acceptors (Lipinski definition) is 8. The summed E-state index contributed by atoms with van der Waals surface area (Å²) in [4.78, 5) is 18.2. The lowest BCUT2D eigenvalue weighted by atomic mass is 10.1. The minimum absolute atomic E-state index is 0.277. The highest BCUT2D eigenvalue weighted by Crippen LogP contribution is 2.27. The van der Waals surface area contributed by atoms with E-state index in [1.165, 1.54) is 10.3 Å². The van der Waals surface area contributed by atoms with Crippen molar-refractivity contribution in [1.29, 1.82) is 4.78 Å². The molecule has 1 aliphatic heterocycles. The van der Waals surface area contributed by atoms with Gasteiger partial charge in [-0.3, -0.25) is 4.90 Å². The summed E-state index contributed by atoms with van der Waals surface area (Å²) in [5.41, 5.74) is 4.25. The molecule has 9 heteroatoms. The van der Waals surface area contributed by atoms with Crippen molar-refractivity contribution in [1.82, 2.24) is 19.9 Å². The molecule has 3 heterocycles. The highest BCUT2D eigenvalue weighted by atomic mass is 32.2. The lowest BCUT2D eigenvalue weighted by molar-refractivity contribution is 0.198. The fraction of sp³-hybridized carbons (Fsp3) is 0.421. The van der Waals surface area contributed by atoms with E-state index in [0.717, 1.165) is 31.7 Å². The summed E-state index contributed by atoms with van der Waals surface area (Å²) in [7, 11) is -2.76. The Morgan fingerprint density at radius 3 is 2.57 bits per heavy atom. The molecule has 7 nitrogen and oxygen atoms in total. The van der Waals surface area contributed by atoms with Crippen molar-refractivity contribution in [3.8, 4) is 0 Å². The highest BCUT2D eigenvalue weighted by Gasteiger charge is 2.24. The van der Waals surface area contributed by atoms with Crippen LogP contribution in [0.25, 0.3) is 10.2 Å². The standard InChI is InChI=1S/C19H24N6OS2/c1-3-28(20,26)16-11-21-19(22-12-16)25-8-6-24(7-9-25)14(2)15-4-5-18-17(10-15)23-13-27-18/h4-5,10-14,20H,3,6-9H2,1-2H3/t14-,28+/m1/s1. The molecule has 1 aliphatic rings. The topological polar surface area (TPSA) is 86.1 Å². The second-order valence-corrected chi connectivity index (χ2v) is 10.2. The molecule has 1 N–H and O–H groups in total. The first-order chi connectivity index (χ1) is 13.5. The SMILES string of the molecule is CC[S@](=N)(=O)c1cnc(N2CCN([C@H](C)c3ccc4scnc4c3)CC2)nc1. The molecule has 0 amide bonds. The Bertz CT molecular complexity index is 1060. The third kappa shape index (κ3) is 3.74. The van der Waals surface area contributed by atoms with Gasteiger partial charge in [-0.1, -0.05) is 13.0 Å². The maximum atomic E-state index is 12.1. The van der Waals surface area contributed by atoms with Gasteiger partial charge in [0.15, 0.2) is 0 Å². The molecule has 0 spiro atoms. The smallest absolute Gasteiger partial charge is 0.225 e. The molecular formula is C19H24N6OS2. The Morgan fingerprint density at radius 1 is 1.18 bits per heavy atom. The van der Waals surface area contributed by atoms with Gasteiger partial charge in [0, 0.05) is 50.4 Å². The first kappa shape index (κ1) is 19.2. The summed E-state index contributed by atoms with van der Waals surface area (Å²) in [6, 6.07) is 6.88. The van der Waals surface area contributed by atoms with Crippen molar-refractivity contribution in [3.05, 3.63) is 41.7 Å². The molecule has 1 saturated heterocycles. The maximum Gasteiger partial charge on any atom is 0.225 e. The summed E-state index contributed by atoms with van der Waals surface area (Å²) in [5, 5.41) is 0. The molecule has 0 saturated carbocycles. The molecule has 0 unspecified atom stereocenters. The van der Waals surface area contributed by atoms with Crippen molar-refractivity contribution in [2.45, 2.75) is 24.8 Å².